The van der Waals surface area contributed by atoms with E-state index in [9.17, 15) is 5.11 Å². The minimum absolute atomic E-state index is 0.167. The third-order valence-electron chi connectivity index (χ3n) is 2.23. The fraction of sp³-hybridized carbons (Fsp3) is 0.333. The van der Waals surface area contributed by atoms with Gasteiger partial charge in [0.25, 0.3) is 0 Å². The molecule has 3 nitrogen and oxygen atoms in total. The van der Waals surface area contributed by atoms with Gasteiger partial charge in [-0.25, -0.2) is 0 Å². The number of furan rings is 1. The maximum absolute atomic E-state index is 9.69. The molecule has 0 saturated heterocycles. The van der Waals surface area contributed by atoms with Crippen molar-refractivity contribution in [2.75, 3.05) is 0 Å². The average molecular weight is 206 g/mol. The number of ether oxygens (including phenoxy) is 1. The number of phenols is 1. The first-order valence-corrected chi connectivity index (χ1v) is 4.98. The molecule has 1 heterocycles. The van der Waals surface area contributed by atoms with E-state index in [4.69, 9.17) is 9.15 Å². The molecule has 0 unspecified atom stereocenters. The van der Waals surface area contributed by atoms with E-state index < -0.39 is 0 Å². The molecule has 3 heteroatoms. The van der Waals surface area contributed by atoms with Crippen LogP contribution in [-0.2, 0) is 11.3 Å². The molecule has 1 N–H and O–H groups in total. The first kappa shape index (κ1) is 10.1. The zero-order valence-corrected chi connectivity index (χ0v) is 8.86. The topological polar surface area (TPSA) is 42.6 Å². The fourth-order valence-corrected chi connectivity index (χ4v) is 1.50. The standard InChI is InChI=1S/C12H14O3/c1-8(2)14-6-9-7-15-11-5-3-4-10(13)12(9)11/h3-5,7-8,13H,6H2,1-2H3. The highest BCUT2D eigenvalue weighted by atomic mass is 16.5. The van der Waals surface area contributed by atoms with Crippen LogP contribution in [0.4, 0.5) is 0 Å². The Morgan fingerprint density at radius 3 is 2.93 bits per heavy atom. The zero-order valence-electron chi connectivity index (χ0n) is 8.86. The molecule has 0 aliphatic rings. The molecule has 15 heavy (non-hydrogen) atoms. The predicted molar refractivity (Wildman–Crippen MR) is 57.8 cm³/mol. The Balaban J connectivity index is 2.35. The summed E-state index contributed by atoms with van der Waals surface area (Å²) < 4.78 is 10.8. The third-order valence-corrected chi connectivity index (χ3v) is 2.23. The summed E-state index contributed by atoms with van der Waals surface area (Å²) in [5.74, 6) is 0.239. The molecule has 0 fully saturated rings. The van der Waals surface area contributed by atoms with Gasteiger partial charge in [-0.15, -0.1) is 0 Å². The van der Waals surface area contributed by atoms with Crippen molar-refractivity contribution in [1.82, 2.24) is 0 Å². The van der Waals surface area contributed by atoms with Crippen LogP contribution in [-0.4, -0.2) is 11.2 Å². The summed E-state index contributed by atoms with van der Waals surface area (Å²) in [6.07, 6.45) is 1.80. The summed E-state index contributed by atoms with van der Waals surface area (Å²) in [6.45, 7) is 4.41. The summed E-state index contributed by atoms with van der Waals surface area (Å²) >= 11 is 0. The van der Waals surface area contributed by atoms with E-state index in [1.165, 1.54) is 0 Å². The molecule has 0 saturated carbocycles. The lowest BCUT2D eigenvalue weighted by atomic mass is 10.1. The second kappa shape index (κ2) is 3.95. The molecule has 0 radical (unpaired) electrons. The van der Waals surface area contributed by atoms with Crippen LogP contribution < -0.4 is 0 Å². The number of rotatable bonds is 3. The van der Waals surface area contributed by atoms with Crippen molar-refractivity contribution in [3.8, 4) is 5.75 Å². The van der Waals surface area contributed by atoms with E-state index in [1.807, 2.05) is 19.9 Å². The van der Waals surface area contributed by atoms with Gasteiger partial charge in [0, 0.05) is 5.56 Å². The van der Waals surface area contributed by atoms with E-state index in [-0.39, 0.29) is 11.9 Å². The Labute approximate surface area is 88.3 Å². The van der Waals surface area contributed by atoms with Crippen molar-refractivity contribution in [2.24, 2.45) is 0 Å². The lowest BCUT2D eigenvalue weighted by Crippen LogP contribution is -2.01. The Bertz CT molecular complexity index is 457. The highest BCUT2D eigenvalue weighted by Gasteiger charge is 2.10. The Morgan fingerprint density at radius 2 is 2.20 bits per heavy atom. The molecule has 0 aliphatic carbocycles. The first-order chi connectivity index (χ1) is 7.18. The number of hydrogen-bond acceptors (Lipinski definition) is 3. The van der Waals surface area contributed by atoms with Gasteiger partial charge in [0.1, 0.15) is 11.3 Å². The molecule has 0 aliphatic heterocycles. The molecule has 2 rings (SSSR count). The van der Waals surface area contributed by atoms with Gasteiger partial charge >= 0.3 is 0 Å². The van der Waals surface area contributed by atoms with Crippen LogP contribution in [0.3, 0.4) is 0 Å². The van der Waals surface area contributed by atoms with Gasteiger partial charge in [0.2, 0.25) is 0 Å². The summed E-state index contributed by atoms with van der Waals surface area (Å²) in [6, 6.07) is 5.24. The quantitative estimate of drug-likeness (QED) is 0.839. The zero-order chi connectivity index (χ0) is 10.8. The summed E-state index contributed by atoms with van der Waals surface area (Å²) in [5.41, 5.74) is 1.58. The summed E-state index contributed by atoms with van der Waals surface area (Å²) in [4.78, 5) is 0. The number of fused-ring (bicyclic) bond motifs is 1. The van der Waals surface area contributed by atoms with Gasteiger partial charge in [-0.2, -0.15) is 0 Å². The van der Waals surface area contributed by atoms with Crippen molar-refractivity contribution in [1.29, 1.82) is 0 Å². The van der Waals surface area contributed by atoms with Crippen molar-refractivity contribution in [3.63, 3.8) is 0 Å². The van der Waals surface area contributed by atoms with E-state index in [2.05, 4.69) is 0 Å². The lowest BCUT2D eigenvalue weighted by molar-refractivity contribution is 0.0659. The average Bonchev–Trinajstić information content (AvgIpc) is 2.59. The summed E-state index contributed by atoms with van der Waals surface area (Å²) in [7, 11) is 0. The van der Waals surface area contributed by atoms with Gasteiger partial charge in [-0.3, -0.25) is 0 Å². The minimum atomic E-state index is 0.167. The number of phenolic OH excluding ortho intramolecular Hbond substituents is 1. The van der Waals surface area contributed by atoms with Gasteiger partial charge in [-0.1, -0.05) is 6.07 Å². The molecule has 0 atom stereocenters. The lowest BCUT2D eigenvalue weighted by Gasteiger charge is -2.05. The van der Waals surface area contributed by atoms with Gasteiger partial charge in [0.15, 0.2) is 0 Å². The van der Waals surface area contributed by atoms with E-state index in [0.717, 1.165) is 10.9 Å². The SMILES string of the molecule is CC(C)OCc1coc2cccc(O)c12. The molecule has 1 aromatic carbocycles. The van der Waals surface area contributed by atoms with Crippen LogP contribution in [0.1, 0.15) is 19.4 Å². The van der Waals surface area contributed by atoms with Gasteiger partial charge in [0.05, 0.1) is 24.4 Å². The van der Waals surface area contributed by atoms with Crippen LogP contribution >= 0.6 is 0 Å². The number of benzene rings is 1. The first-order valence-electron chi connectivity index (χ1n) is 4.98. The molecule has 1 aromatic heterocycles. The van der Waals surface area contributed by atoms with Gasteiger partial charge in [-0.05, 0) is 26.0 Å². The molecular weight excluding hydrogens is 192 g/mol. The van der Waals surface area contributed by atoms with Crippen LogP contribution in [0.2, 0.25) is 0 Å². The van der Waals surface area contributed by atoms with E-state index >= 15 is 0 Å². The molecule has 0 amide bonds. The molecule has 80 valence electrons. The van der Waals surface area contributed by atoms with Crippen LogP contribution in [0, 0.1) is 0 Å². The second-order valence-electron chi connectivity index (χ2n) is 3.77. The van der Waals surface area contributed by atoms with Crippen LogP contribution in [0.5, 0.6) is 5.75 Å². The van der Waals surface area contributed by atoms with Crippen LogP contribution in [0.15, 0.2) is 28.9 Å². The Kier molecular flexibility index (Phi) is 2.64. The smallest absolute Gasteiger partial charge is 0.137 e. The van der Waals surface area contributed by atoms with Crippen LogP contribution in [0.25, 0.3) is 11.0 Å². The van der Waals surface area contributed by atoms with Crippen molar-refractivity contribution < 1.29 is 14.3 Å². The van der Waals surface area contributed by atoms with Gasteiger partial charge < -0.3 is 14.3 Å². The largest absolute Gasteiger partial charge is 0.507 e. The van der Waals surface area contributed by atoms with E-state index in [0.29, 0.717) is 12.2 Å². The van der Waals surface area contributed by atoms with Crippen molar-refractivity contribution in [3.05, 3.63) is 30.0 Å². The second-order valence-corrected chi connectivity index (χ2v) is 3.77. The van der Waals surface area contributed by atoms with E-state index in [1.54, 1.807) is 18.4 Å². The highest BCUT2D eigenvalue weighted by Crippen LogP contribution is 2.29. The fourth-order valence-electron chi connectivity index (χ4n) is 1.50. The third kappa shape index (κ3) is 1.97. The number of hydrogen-bond donors (Lipinski definition) is 1. The predicted octanol–water partition coefficient (Wildman–Crippen LogP) is 3.06. The summed E-state index contributed by atoms with van der Waals surface area (Å²) in [5, 5.41) is 10.4. The monoisotopic (exact) mass is 206 g/mol. The Hall–Kier alpha value is -1.48. The molecule has 0 spiro atoms. The normalized spacial score (nSPS) is 11.4. The Morgan fingerprint density at radius 1 is 1.40 bits per heavy atom. The maximum atomic E-state index is 9.69. The highest BCUT2D eigenvalue weighted by molar-refractivity contribution is 5.86. The van der Waals surface area contributed by atoms with Crippen molar-refractivity contribution in [2.45, 2.75) is 26.6 Å². The molecular formula is C12H14O3. The van der Waals surface area contributed by atoms with Crippen molar-refractivity contribution >= 4 is 11.0 Å². The maximum Gasteiger partial charge on any atom is 0.137 e. The number of aromatic hydroxyl groups is 1. The molecule has 0 bridgehead atoms. The molecule has 2 aromatic rings. The minimum Gasteiger partial charge on any atom is -0.507 e.